The van der Waals surface area contributed by atoms with Crippen LogP contribution in [0.15, 0.2) is 18.2 Å². The minimum Gasteiger partial charge on any atom is -0.463 e. The van der Waals surface area contributed by atoms with Gasteiger partial charge in [0.15, 0.2) is 6.61 Å². The first-order valence-electron chi connectivity index (χ1n) is 6.23. The van der Waals surface area contributed by atoms with E-state index in [1.807, 2.05) is 13.8 Å². The van der Waals surface area contributed by atoms with E-state index < -0.39 is 18.5 Å². The molecule has 2 N–H and O–H groups in total. The number of ether oxygens (including phenoxy) is 2. The fourth-order valence-corrected chi connectivity index (χ4v) is 1.42. The number of carbonyl (C=O) groups is 2. The van der Waals surface area contributed by atoms with Crippen molar-refractivity contribution in [2.24, 2.45) is 0 Å². The number of unbranched alkanes of at least 4 members (excludes halogenated alkanes) is 1. The molecule has 1 rings (SSSR count). The topological polar surface area (TPSA) is 78.6 Å². The number of hydrogen-bond donors (Lipinski definition) is 1. The normalized spacial score (nSPS) is 10.0. The molecule has 104 valence electrons. The molecule has 1 aromatic carbocycles. The molecule has 0 bridgehead atoms. The summed E-state index contributed by atoms with van der Waals surface area (Å²) in [7, 11) is 0. The monoisotopic (exact) mass is 265 g/mol. The second-order valence-electron chi connectivity index (χ2n) is 4.24. The van der Waals surface area contributed by atoms with Crippen LogP contribution in [0.3, 0.4) is 0 Å². The van der Waals surface area contributed by atoms with Crippen molar-refractivity contribution in [2.45, 2.75) is 26.7 Å². The van der Waals surface area contributed by atoms with Crippen molar-refractivity contribution in [3.05, 3.63) is 29.3 Å². The Hall–Kier alpha value is -2.04. The van der Waals surface area contributed by atoms with Gasteiger partial charge in [-0.05, 0) is 25.5 Å². The number of rotatable bonds is 6. The quantitative estimate of drug-likeness (QED) is 0.484. The van der Waals surface area contributed by atoms with Crippen LogP contribution in [0, 0.1) is 6.92 Å². The first-order chi connectivity index (χ1) is 9.04. The van der Waals surface area contributed by atoms with Crippen LogP contribution in [0.5, 0.6) is 0 Å². The molecule has 0 saturated heterocycles. The molecule has 5 heteroatoms. The maximum atomic E-state index is 11.7. The van der Waals surface area contributed by atoms with Crippen LogP contribution in [0.25, 0.3) is 0 Å². The SMILES string of the molecule is CCCCOC(=O)COC(=O)c1cc(C)ccc1N. The van der Waals surface area contributed by atoms with E-state index in [0.717, 1.165) is 18.4 Å². The number of nitrogens with two attached hydrogens (primary N) is 1. The van der Waals surface area contributed by atoms with E-state index in [1.54, 1.807) is 18.2 Å². The van der Waals surface area contributed by atoms with Gasteiger partial charge in [-0.15, -0.1) is 0 Å². The fraction of sp³-hybridized carbons (Fsp3) is 0.429. The van der Waals surface area contributed by atoms with Crippen LogP contribution in [-0.4, -0.2) is 25.2 Å². The Morgan fingerprint density at radius 2 is 2.00 bits per heavy atom. The Morgan fingerprint density at radius 3 is 2.68 bits per heavy atom. The second-order valence-corrected chi connectivity index (χ2v) is 4.24. The Bertz CT molecular complexity index is 457. The van der Waals surface area contributed by atoms with E-state index in [4.69, 9.17) is 15.2 Å². The highest BCUT2D eigenvalue weighted by molar-refractivity contribution is 5.96. The van der Waals surface area contributed by atoms with Gasteiger partial charge in [0, 0.05) is 5.69 Å². The predicted octanol–water partition coefficient (Wildman–Crippen LogP) is 2.08. The van der Waals surface area contributed by atoms with E-state index >= 15 is 0 Å². The van der Waals surface area contributed by atoms with Crippen LogP contribution in [-0.2, 0) is 14.3 Å². The second kappa shape index (κ2) is 7.41. The number of benzene rings is 1. The lowest BCUT2D eigenvalue weighted by Crippen LogP contribution is -2.17. The van der Waals surface area contributed by atoms with E-state index in [2.05, 4.69) is 0 Å². The minimum atomic E-state index is -0.617. The highest BCUT2D eigenvalue weighted by Crippen LogP contribution is 2.14. The lowest BCUT2D eigenvalue weighted by atomic mass is 10.1. The molecule has 0 radical (unpaired) electrons. The molecule has 5 nitrogen and oxygen atoms in total. The molecule has 0 atom stereocenters. The number of aryl methyl sites for hydroxylation is 1. The third-order valence-corrected chi connectivity index (χ3v) is 2.51. The van der Waals surface area contributed by atoms with Crippen molar-refractivity contribution in [3.63, 3.8) is 0 Å². The summed E-state index contributed by atoms with van der Waals surface area (Å²) >= 11 is 0. The van der Waals surface area contributed by atoms with Gasteiger partial charge in [-0.1, -0.05) is 25.0 Å². The molecule has 0 spiro atoms. The molecule has 0 saturated carbocycles. The number of carbonyl (C=O) groups excluding carboxylic acids is 2. The molecule has 0 aliphatic rings. The van der Waals surface area contributed by atoms with Gasteiger partial charge >= 0.3 is 11.9 Å². The first-order valence-corrected chi connectivity index (χ1v) is 6.23. The molecule has 19 heavy (non-hydrogen) atoms. The summed E-state index contributed by atoms with van der Waals surface area (Å²) in [6, 6.07) is 5.05. The van der Waals surface area contributed by atoms with E-state index in [0.29, 0.717) is 12.3 Å². The van der Waals surface area contributed by atoms with Gasteiger partial charge in [-0.2, -0.15) is 0 Å². The van der Waals surface area contributed by atoms with E-state index in [-0.39, 0.29) is 5.56 Å². The summed E-state index contributed by atoms with van der Waals surface area (Å²) in [6.45, 7) is 3.79. The molecule has 0 fully saturated rings. The number of nitrogen functional groups attached to an aromatic ring is 1. The average molecular weight is 265 g/mol. The van der Waals surface area contributed by atoms with Gasteiger partial charge in [0.05, 0.1) is 12.2 Å². The molecule has 1 aromatic rings. The van der Waals surface area contributed by atoms with Gasteiger partial charge in [-0.25, -0.2) is 9.59 Å². The summed E-state index contributed by atoms with van der Waals surface area (Å²) in [5.41, 5.74) is 7.17. The summed E-state index contributed by atoms with van der Waals surface area (Å²) < 4.78 is 9.74. The van der Waals surface area contributed by atoms with Crippen LogP contribution in [0.2, 0.25) is 0 Å². The zero-order valence-electron chi connectivity index (χ0n) is 11.3. The molecule has 0 amide bonds. The highest BCUT2D eigenvalue weighted by Gasteiger charge is 2.13. The lowest BCUT2D eigenvalue weighted by Gasteiger charge is -2.08. The molecule has 0 unspecified atom stereocenters. The van der Waals surface area contributed by atoms with Gasteiger partial charge in [0.25, 0.3) is 0 Å². The number of esters is 2. The van der Waals surface area contributed by atoms with E-state index in [9.17, 15) is 9.59 Å². The van der Waals surface area contributed by atoms with Crippen LogP contribution < -0.4 is 5.73 Å². The number of anilines is 1. The Kier molecular flexibility index (Phi) is 5.85. The van der Waals surface area contributed by atoms with Gasteiger partial charge in [0.2, 0.25) is 0 Å². The molecule has 0 aromatic heterocycles. The lowest BCUT2D eigenvalue weighted by molar-refractivity contribution is -0.147. The van der Waals surface area contributed by atoms with Crippen molar-refractivity contribution in [2.75, 3.05) is 18.9 Å². The minimum absolute atomic E-state index is 0.265. The first kappa shape index (κ1) is 15.0. The summed E-state index contributed by atoms with van der Waals surface area (Å²) in [5.74, 6) is -1.17. The highest BCUT2D eigenvalue weighted by atomic mass is 16.6. The summed E-state index contributed by atoms with van der Waals surface area (Å²) in [5, 5.41) is 0. The van der Waals surface area contributed by atoms with Crippen molar-refractivity contribution in [1.82, 2.24) is 0 Å². The maximum absolute atomic E-state index is 11.7. The predicted molar refractivity (Wildman–Crippen MR) is 71.7 cm³/mol. The standard InChI is InChI=1S/C14H19NO4/c1-3-4-7-18-13(16)9-19-14(17)11-8-10(2)5-6-12(11)15/h5-6,8H,3-4,7,9,15H2,1-2H3. The summed E-state index contributed by atoms with van der Waals surface area (Å²) in [6.07, 6.45) is 1.73. The zero-order chi connectivity index (χ0) is 14.3. The van der Waals surface area contributed by atoms with Crippen molar-refractivity contribution >= 4 is 17.6 Å². The smallest absolute Gasteiger partial charge is 0.344 e. The largest absolute Gasteiger partial charge is 0.463 e. The van der Waals surface area contributed by atoms with E-state index in [1.165, 1.54) is 0 Å². The third-order valence-electron chi connectivity index (χ3n) is 2.51. The van der Waals surface area contributed by atoms with Gasteiger partial charge in [-0.3, -0.25) is 0 Å². The van der Waals surface area contributed by atoms with Crippen molar-refractivity contribution < 1.29 is 19.1 Å². The van der Waals surface area contributed by atoms with Crippen molar-refractivity contribution in [1.29, 1.82) is 0 Å². The number of hydrogen-bond acceptors (Lipinski definition) is 5. The maximum Gasteiger partial charge on any atom is 0.344 e. The molecule has 0 aliphatic carbocycles. The molecule has 0 heterocycles. The van der Waals surface area contributed by atoms with Crippen LogP contribution in [0.4, 0.5) is 5.69 Å². The van der Waals surface area contributed by atoms with Crippen molar-refractivity contribution in [3.8, 4) is 0 Å². The van der Waals surface area contributed by atoms with Gasteiger partial charge in [0.1, 0.15) is 0 Å². The van der Waals surface area contributed by atoms with Crippen LogP contribution in [0.1, 0.15) is 35.7 Å². The average Bonchev–Trinajstić information content (AvgIpc) is 2.39. The Balaban J connectivity index is 2.47. The van der Waals surface area contributed by atoms with Crippen LogP contribution >= 0.6 is 0 Å². The fourth-order valence-electron chi connectivity index (χ4n) is 1.42. The molecular weight excluding hydrogens is 246 g/mol. The Morgan fingerprint density at radius 1 is 1.26 bits per heavy atom. The molecule has 0 aliphatic heterocycles. The Labute approximate surface area is 112 Å². The third kappa shape index (κ3) is 4.99. The zero-order valence-corrected chi connectivity index (χ0v) is 11.3. The molecular formula is C14H19NO4. The van der Waals surface area contributed by atoms with Gasteiger partial charge < -0.3 is 15.2 Å². The summed E-state index contributed by atoms with van der Waals surface area (Å²) in [4.78, 5) is 23.0.